The second kappa shape index (κ2) is 4.50. The van der Waals surface area contributed by atoms with E-state index in [4.69, 9.17) is 17.3 Å². The smallest absolute Gasteiger partial charge is 0.337 e. The summed E-state index contributed by atoms with van der Waals surface area (Å²) < 4.78 is 1.24. The molecule has 0 amide bonds. The Balaban J connectivity index is 2.45. The highest BCUT2D eigenvalue weighted by Crippen LogP contribution is 2.12. The fraction of sp³-hybridized carbons (Fsp3) is 0. The lowest BCUT2D eigenvalue weighted by Crippen LogP contribution is -2.16. The fourth-order valence-electron chi connectivity index (χ4n) is 2.02. The number of nitrogens with zero attached hydrogens (tertiary/aromatic N) is 2. The Morgan fingerprint density at radius 2 is 2.10 bits per heavy atom. The molecule has 20 heavy (non-hydrogen) atoms. The van der Waals surface area contributed by atoms with Gasteiger partial charge in [-0.25, -0.2) is 9.78 Å². The zero-order valence-corrected chi connectivity index (χ0v) is 10.9. The maximum atomic E-state index is 12.4. The van der Waals surface area contributed by atoms with E-state index in [2.05, 4.69) is 4.98 Å². The minimum Gasteiger partial charge on any atom is -0.478 e. The van der Waals surface area contributed by atoms with Crippen molar-refractivity contribution in [3.63, 3.8) is 0 Å². The normalized spacial score (nSPS) is 10.8. The van der Waals surface area contributed by atoms with Crippen LogP contribution in [0.1, 0.15) is 15.9 Å². The summed E-state index contributed by atoms with van der Waals surface area (Å²) >= 11 is 4.84. The Labute approximate surface area is 118 Å². The standard InChI is InChI=1S/C14H8N2O3S/c17-13-10-5-8(7-20)1-3-11(10)15-12-4-2-9(14(18)19)6-16(12)13/h1-7H,(H,18,19). The van der Waals surface area contributed by atoms with Crippen LogP contribution in [0.3, 0.4) is 0 Å². The second-order valence-electron chi connectivity index (χ2n) is 4.26. The first-order valence-corrected chi connectivity index (χ1v) is 6.22. The third kappa shape index (κ3) is 1.86. The van der Waals surface area contributed by atoms with E-state index in [9.17, 15) is 9.59 Å². The molecule has 0 unspecified atom stereocenters. The van der Waals surface area contributed by atoms with E-state index in [0.29, 0.717) is 16.6 Å². The van der Waals surface area contributed by atoms with E-state index in [1.54, 1.807) is 18.2 Å². The van der Waals surface area contributed by atoms with Gasteiger partial charge in [-0.05, 0) is 29.8 Å². The molecule has 5 nitrogen and oxygen atoms in total. The minimum atomic E-state index is -1.09. The number of hydrogen-bond donors (Lipinski definition) is 1. The van der Waals surface area contributed by atoms with Crippen LogP contribution in [0.2, 0.25) is 0 Å². The van der Waals surface area contributed by atoms with Gasteiger partial charge in [0.15, 0.2) is 0 Å². The lowest BCUT2D eigenvalue weighted by molar-refractivity contribution is 0.0696. The van der Waals surface area contributed by atoms with Gasteiger partial charge in [-0.2, -0.15) is 0 Å². The van der Waals surface area contributed by atoms with Gasteiger partial charge in [0, 0.05) is 11.6 Å². The Morgan fingerprint density at radius 3 is 2.80 bits per heavy atom. The Kier molecular flexibility index (Phi) is 2.80. The van der Waals surface area contributed by atoms with Crippen LogP contribution >= 0.6 is 12.2 Å². The van der Waals surface area contributed by atoms with Crippen LogP contribution in [0.4, 0.5) is 0 Å². The highest BCUT2D eigenvalue weighted by atomic mass is 32.1. The van der Waals surface area contributed by atoms with Crippen LogP contribution in [-0.2, 0) is 0 Å². The number of aromatic nitrogens is 2. The van der Waals surface area contributed by atoms with Crippen molar-refractivity contribution in [1.29, 1.82) is 0 Å². The topological polar surface area (TPSA) is 71.7 Å². The zero-order chi connectivity index (χ0) is 14.3. The maximum Gasteiger partial charge on any atom is 0.337 e. The second-order valence-corrected chi connectivity index (χ2v) is 4.50. The van der Waals surface area contributed by atoms with Gasteiger partial charge in [0.25, 0.3) is 5.56 Å². The van der Waals surface area contributed by atoms with Gasteiger partial charge in [-0.1, -0.05) is 18.3 Å². The predicted molar refractivity (Wildman–Crippen MR) is 78.7 cm³/mol. The van der Waals surface area contributed by atoms with E-state index >= 15 is 0 Å². The van der Waals surface area contributed by atoms with Gasteiger partial charge in [0.2, 0.25) is 0 Å². The Morgan fingerprint density at radius 1 is 1.30 bits per heavy atom. The maximum absolute atomic E-state index is 12.4. The first-order valence-electron chi connectivity index (χ1n) is 5.75. The predicted octanol–water partition coefficient (Wildman–Crippen LogP) is 1.89. The largest absolute Gasteiger partial charge is 0.478 e. The summed E-state index contributed by atoms with van der Waals surface area (Å²) in [5, 5.41) is 10.9. The van der Waals surface area contributed by atoms with Gasteiger partial charge >= 0.3 is 5.97 Å². The van der Waals surface area contributed by atoms with E-state index in [-0.39, 0.29) is 11.1 Å². The molecule has 0 fully saturated rings. The summed E-state index contributed by atoms with van der Waals surface area (Å²) in [4.78, 5) is 27.7. The minimum absolute atomic E-state index is 0.0340. The van der Waals surface area contributed by atoms with Gasteiger partial charge in [0.1, 0.15) is 5.65 Å². The number of benzene rings is 1. The first kappa shape index (κ1) is 12.4. The summed E-state index contributed by atoms with van der Waals surface area (Å²) in [5.41, 5.74) is 1.42. The van der Waals surface area contributed by atoms with E-state index in [1.165, 1.54) is 28.1 Å². The molecule has 3 aromatic rings. The van der Waals surface area contributed by atoms with Crippen molar-refractivity contribution in [2.45, 2.75) is 0 Å². The monoisotopic (exact) mass is 284 g/mol. The number of fused-ring (bicyclic) bond motifs is 2. The molecule has 0 saturated carbocycles. The number of hydrogen-bond acceptors (Lipinski definition) is 4. The third-order valence-electron chi connectivity index (χ3n) is 3.01. The van der Waals surface area contributed by atoms with Crippen molar-refractivity contribution in [2.75, 3.05) is 0 Å². The van der Waals surface area contributed by atoms with Crippen molar-refractivity contribution in [3.05, 3.63) is 58.0 Å². The van der Waals surface area contributed by atoms with Crippen molar-refractivity contribution < 1.29 is 9.90 Å². The van der Waals surface area contributed by atoms with Crippen molar-refractivity contribution in [2.24, 2.45) is 0 Å². The molecule has 2 heterocycles. The molecule has 0 bridgehead atoms. The molecule has 1 N–H and O–H groups in total. The fourth-order valence-corrected chi connectivity index (χ4v) is 2.17. The van der Waals surface area contributed by atoms with Crippen LogP contribution in [0.5, 0.6) is 0 Å². The zero-order valence-electron chi connectivity index (χ0n) is 10.1. The molecule has 0 aliphatic carbocycles. The van der Waals surface area contributed by atoms with Crippen LogP contribution in [-0.4, -0.2) is 25.8 Å². The van der Waals surface area contributed by atoms with Gasteiger partial charge in [0.05, 0.1) is 16.5 Å². The number of thiocarbonyl (C=S) groups is 1. The average Bonchev–Trinajstić information content (AvgIpc) is 2.47. The molecule has 0 spiro atoms. The average molecular weight is 284 g/mol. The van der Waals surface area contributed by atoms with Gasteiger partial charge in [-0.15, -0.1) is 0 Å². The quantitative estimate of drug-likeness (QED) is 0.575. The highest BCUT2D eigenvalue weighted by Gasteiger charge is 2.09. The summed E-state index contributed by atoms with van der Waals surface area (Å²) in [5.74, 6) is -1.09. The lowest BCUT2D eigenvalue weighted by atomic mass is 10.1. The molecular formula is C14H8N2O3S. The van der Waals surface area contributed by atoms with Crippen molar-refractivity contribution in [3.8, 4) is 0 Å². The first-order chi connectivity index (χ1) is 9.60. The van der Waals surface area contributed by atoms with E-state index in [1.807, 2.05) is 0 Å². The number of aromatic carboxylic acids is 1. The molecule has 0 aliphatic heterocycles. The van der Waals surface area contributed by atoms with Gasteiger partial charge < -0.3 is 5.11 Å². The number of pyridine rings is 1. The number of carbonyl (C=O) groups is 1. The SMILES string of the molecule is O=C(O)c1ccc2nc3ccc(C=S)cc3c(=O)n2c1. The molecule has 6 heteroatoms. The number of carboxylic acids is 1. The molecule has 0 saturated heterocycles. The molecule has 0 aliphatic rings. The van der Waals surface area contributed by atoms with E-state index < -0.39 is 5.97 Å². The van der Waals surface area contributed by atoms with Crippen molar-refractivity contribution in [1.82, 2.24) is 9.38 Å². The van der Waals surface area contributed by atoms with Gasteiger partial charge in [-0.3, -0.25) is 9.20 Å². The molecule has 3 rings (SSSR count). The molecule has 0 radical (unpaired) electrons. The summed E-state index contributed by atoms with van der Waals surface area (Å²) in [7, 11) is 0. The van der Waals surface area contributed by atoms with Crippen LogP contribution in [0.25, 0.3) is 16.6 Å². The Hall–Kier alpha value is -2.60. The molecule has 0 atom stereocenters. The van der Waals surface area contributed by atoms with Crippen LogP contribution in [0.15, 0.2) is 41.3 Å². The van der Waals surface area contributed by atoms with Crippen molar-refractivity contribution >= 4 is 40.1 Å². The summed E-state index contributed by atoms with van der Waals surface area (Å²) in [6.07, 6.45) is 1.27. The van der Waals surface area contributed by atoms with Crippen LogP contribution < -0.4 is 5.56 Å². The highest BCUT2D eigenvalue weighted by molar-refractivity contribution is 7.79. The molecule has 1 aromatic carbocycles. The van der Waals surface area contributed by atoms with Crippen LogP contribution in [0, 0.1) is 0 Å². The molecule has 98 valence electrons. The molecular weight excluding hydrogens is 276 g/mol. The lowest BCUT2D eigenvalue weighted by Gasteiger charge is -2.04. The number of rotatable bonds is 2. The Bertz CT molecular complexity index is 931. The number of carboxylic acid groups (broad SMARTS) is 1. The third-order valence-corrected chi connectivity index (χ3v) is 3.29. The summed E-state index contributed by atoms with van der Waals surface area (Å²) in [6, 6.07) is 8.08. The summed E-state index contributed by atoms with van der Waals surface area (Å²) in [6.45, 7) is 0. The molecule has 2 aromatic heterocycles. The van der Waals surface area contributed by atoms with E-state index in [0.717, 1.165) is 5.56 Å².